The zero-order valence-electron chi connectivity index (χ0n) is 17.5. The van der Waals surface area contributed by atoms with E-state index in [1.807, 2.05) is 25.4 Å². The Morgan fingerprint density at radius 1 is 1.03 bits per heavy atom. The summed E-state index contributed by atoms with van der Waals surface area (Å²) in [5, 5.41) is 21.6. The zero-order chi connectivity index (χ0) is 20.3. The second-order valence-electron chi connectivity index (χ2n) is 8.48. The van der Waals surface area contributed by atoms with E-state index in [0.717, 1.165) is 66.9 Å². The Bertz CT molecular complexity index is 990. The third-order valence-corrected chi connectivity index (χ3v) is 6.43. The van der Waals surface area contributed by atoms with Crippen LogP contribution in [-0.2, 0) is 11.8 Å². The molecule has 1 N–H and O–H groups in total. The number of anilines is 1. The minimum absolute atomic E-state index is 0.700. The number of aryl methyl sites for hydroxylation is 1. The number of ether oxygens (including phenoxy) is 1. The Morgan fingerprint density at radius 2 is 1.87 bits per heavy atom. The van der Waals surface area contributed by atoms with Gasteiger partial charge in [0.05, 0.1) is 24.9 Å². The highest BCUT2D eigenvalue weighted by Gasteiger charge is 2.26. The van der Waals surface area contributed by atoms with Crippen molar-refractivity contribution in [3.05, 3.63) is 30.5 Å². The van der Waals surface area contributed by atoms with Crippen molar-refractivity contribution in [2.24, 2.45) is 13.0 Å². The van der Waals surface area contributed by atoms with Gasteiger partial charge in [0, 0.05) is 43.7 Å². The van der Waals surface area contributed by atoms with Gasteiger partial charge in [0.2, 0.25) is 0 Å². The van der Waals surface area contributed by atoms with Gasteiger partial charge in [0.1, 0.15) is 11.5 Å². The summed E-state index contributed by atoms with van der Waals surface area (Å²) < 4.78 is 7.20. The van der Waals surface area contributed by atoms with Crippen molar-refractivity contribution in [3.63, 3.8) is 0 Å². The fourth-order valence-electron chi connectivity index (χ4n) is 4.68. The third-order valence-electron chi connectivity index (χ3n) is 6.43. The largest absolute Gasteiger partial charge is 0.379 e. The van der Waals surface area contributed by atoms with Gasteiger partial charge in [-0.1, -0.05) is 11.3 Å². The molecule has 0 bridgehead atoms. The van der Waals surface area contributed by atoms with Gasteiger partial charge in [-0.15, -0.1) is 15.3 Å². The fourth-order valence-corrected chi connectivity index (χ4v) is 4.68. The Balaban J connectivity index is 1.19. The lowest BCUT2D eigenvalue weighted by atomic mass is 9.85. The molecule has 3 aromatic rings. The van der Waals surface area contributed by atoms with Crippen molar-refractivity contribution >= 4 is 16.7 Å². The quantitative estimate of drug-likeness (QED) is 0.696. The van der Waals surface area contributed by atoms with Gasteiger partial charge >= 0.3 is 0 Å². The molecule has 1 aliphatic heterocycles. The first-order chi connectivity index (χ1) is 14.7. The topological polar surface area (TPSA) is 81.0 Å². The molecule has 0 unspecified atom stereocenters. The molecular formula is C22H29N7O. The van der Waals surface area contributed by atoms with Crippen molar-refractivity contribution in [1.29, 1.82) is 0 Å². The van der Waals surface area contributed by atoms with Gasteiger partial charge in [-0.25, -0.2) is 0 Å². The van der Waals surface area contributed by atoms with E-state index in [1.165, 1.54) is 25.7 Å². The molecule has 158 valence electrons. The number of hydrogen-bond donors (Lipinski definition) is 1. The maximum atomic E-state index is 5.49. The number of fused-ring (bicyclic) bond motifs is 1. The number of benzene rings is 1. The van der Waals surface area contributed by atoms with Gasteiger partial charge in [-0.05, 0) is 49.8 Å². The van der Waals surface area contributed by atoms with Crippen LogP contribution in [0.5, 0.6) is 0 Å². The molecule has 2 aromatic heterocycles. The van der Waals surface area contributed by atoms with E-state index in [0.29, 0.717) is 5.92 Å². The number of morpholine rings is 1. The van der Waals surface area contributed by atoms with Gasteiger partial charge < -0.3 is 10.1 Å². The van der Waals surface area contributed by atoms with Crippen LogP contribution in [-0.4, -0.2) is 69.0 Å². The van der Waals surface area contributed by atoms with Crippen LogP contribution in [0.25, 0.3) is 22.2 Å². The van der Waals surface area contributed by atoms with Crippen LogP contribution in [0.2, 0.25) is 0 Å². The lowest BCUT2D eigenvalue weighted by molar-refractivity contribution is 0.00539. The van der Waals surface area contributed by atoms with E-state index in [4.69, 9.17) is 4.74 Å². The van der Waals surface area contributed by atoms with Gasteiger partial charge in [-0.3, -0.25) is 9.58 Å². The van der Waals surface area contributed by atoms with E-state index in [9.17, 15) is 0 Å². The van der Waals surface area contributed by atoms with Gasteiger partial charge in [-0.2, -0.15) is 0 Å². The average molecular weight is 408 g/mol. The molecule has 3 heterocycles. The van der Waals surface area contributed by atoms with Gasteiger partial charge in [0.25, 0.3) is 0 Å². The number of rotatable bonds is 5. The lowest BCUT2D eigenvalue weighted by Crippen LogP contribution is -2.45. The predicted octanol–water partition coefficient (Wildman–Crippen LogP) is 2.73. The summed E-state index contributed by atoms with van der Waals surface area (Å²) in [5.41, 5.74) is 2.79. The highest BCUT2D eigenvalue weighted by atomic mass is 16.5. The first kappa shape index (κ1) is 19.4. The first-order valence-corrected chi connectivity index (χ1v) is 10.9. The SMILES string of the molecule is Cn1cc(-c2ccc3nnc(NCC4CCC(N5CCOCC5)CC4)cc3c2)nn1. The maximum Gasteiger partial charge on any atom is 0.149 e. The summed E-state index contributed by atoms with van der Waals surface area (Å²) in [7, 11) is 1.87. The smallest absolute Gasteiger partial charge is 0.149 e. The Morgan fingerprint density at radius 3 is 2.63 bits per heavy atom. The van der Waals surface area contributed by atoms with Crippen molar-refractivity contribution < 1.29 is 4.74 Å². The van der Waals surface area contributed by atoms with Crippen LogP contribution in [0.3, 0.4) is 0 Å². The maximum absolute atomic E-state index is 5.49. The van der Waals surface area contributed by atoms with Crippen molar-refractivity contribution in [1.82, 2.24) is 30.1 Å². The summed E-state index contributed by atoms with van der Waals surface area (Å²) in [4.78, 5) is 2.62. The first-order valence-electron chi connectivity index (χ1n) is 10.9. The number of aromatic nitrogens is 5. The second-order valence-corrected chi connectivity index (χ2v) is 8.48. The zero-order valence-corrected chi connectivity index (χ0v) is 17.5. The van der Waals surface area contributed by atoms with Crippen LogP contribution < -0.4 is 5.32 Å². The Labute approximate surface area is 176 Å². The summed E-state index contributed by atoms with van der Waals surface area (Å²) in [6.45, 7) is 4.93. The minimum atomic E-state index is 0.700. The molecule has 0 amide bonds. The molecule has 0 spiro atoms. The summed E-state index contributed by atoms with van der Waals surface area (Å²) >= 11 is 0. The van der Waals surface area contributed by atoms with Crippen molar-refractivity contribution in [2.75, 3.05) is 38.2 Å². The molecule has 8 nitrogen and oxygen atoms in total. The van der Waals surface area contributed by atoms with Crippen LogP contribution in [0, 0.1) is 5.92 Å². The molecule has 8 heteroatoms. The van der Waals surface area contributed by atoms with Crippen molar-refractivity contribution in [3.8, 4) is 11.3 Å². The molecule has 30 heavy (non-hydrogen) atoms. The van der Waals surface area contributed by atoms with E-state index in [-0.39, 0.29) is 0 Å². The van der Waals surface area contributed by atoms with E-state index < -0.39 is 0 Å². The molecule has 0 atom stereocenters. The van der Waals surface area contributed by atoms with E-state index in [1.54, 1.807) is 4.68 Å². The Kier molecular flexibility index (Phi) is 5.59. The van der Waals surface area contributed by atoms with E-state index >= 15 is 0 Å². The molecule has 1 aliphatic carbocycles. The number of hydrogen-bond acceptors (Lipinski definition) is 7. The highest BCUT2D eigenvalue weighted by Crippen LogP contribution is 2.29. The van der Waals surface area contributed by atoms with Crippen LogP contribution in [0.1, 0.15) is 25.7 Å². The molecule has 0 radical (unpaired) electrons. The summed E-state index contributed by atoms with van der Waals surface area (Å²) in [5.74, 6) is 1.54. The summed E-state index contributed by atoms with van der Waals surface area (Å²) in [6, 6.07) is 8.93. The third kappa shape index (κ3) is 4.29. The number of nitrogens with one attached hydrogen (secondary N) is 1. The monoisotopic (exact) mass is 407 g/mol. The Hall–Kier alpha value is -2.58. The van der Waals surface area contributed by atoms with E-state index in [2.05, 4.69) is 42.9 Å². The second kappa shape index (κ2) is 8.65. The molecule has 2 aliphatic rings. The average Bonchev–Trinajstić information content (AvgIpc) is 3.24. The standard InChI is InChI=1S/C22H29N7O/c1-28-15-21(25-27-28)17-4-7-20-18(12-17)13-22(26-24-20)23-14-16-2-5-19(6-3-16)29-8-10-30-11-9-29/h4,7,12-13,15-16,19H,2-3,5-6,8-11,14H2,1H3,(H,23,26). The fraction of sp³-hybridized carbons (Fsp3) is 0.545. The van der Waals surface area contributed by atoms with Gasteiger partial charge in [0.15, 0.2) is 0 Å². The normalized spacial score (nSPS) is 23.0. The van der Waals surface area contributed by atoms with Crippen LogP contribution in [0.4, 0.5) is 5.82 Å². The highest BCUT2D eigenvalue weighted by molar-refractivity contribution is 5.84. The molecule has 5 rings (SSSR count). The number of nitrogens with zero attached hydrogens (tertiary/aromatic N) is 6. The van der Waals surface area contributed by atoms with Crippen LogP contribution in [0.15, 0.2) is 30.5 Å². The summed E-state index contributed by atoms with van der Waals surface area (Å²) in [6.07, 6.45) is 7.04. The molecular weight excluding hydrogens is 378 g/mol. The predicted molar refractivity (Wildman–Crippen MR) is 116 cm³/mol. The minimum Gasteiger partial charge on any atom is -0.379 e. The molecule has 1 aromatic carbocycles. The molecule has 1 saturated carbocycles. The van der Waals surface area contributed by atoms with Crippen LogP contribution >= 0.6 is 0 Å². The molecule has 1 saturated heterocycles. The molecule has 2 fully saturated rings. The lowest BCUT2D eigenvalue weighted by Gasteiger charge is -2.38. The van der Waals surface area contributed by atoms with Crippen molar-refractivity contribution in [2.45, 2.75) is 31.7 Å².